The van der Waals surface area contributed by atoms with Gasteiger partial charge in [0.25, 0.3) is 5.91 Å². The lowest BCUT2D eigenvalue weighted by molar-refractivity contribution is 0.0940. The van der Waals surface area contributed by atoms with Gasteiger partial charge in [0.2, 0.25) is 6.79 Å². The number of rotatable bonds is 5. The largest absolute Gasteiger partial charge is 0.454 e. The number of ether oxygens (including phenoxy) is 2. The van der Waals surface area contributed by atoms with Crippen LogP contribution in [0, 0.1) is 0 Å². The molecule has 3 aromatic rings. The Balaban J connectivity index is 1.55. The van der Waals surface area contributed by atoms with Crippen LogP contribution in [0.15, 0.2) is 72.8 Å². The van der Waals surface area contributed by atoms with Crippen LogP contribution in [0.25, 0.3) is 0 Å². The van der Waals surface area contributed by atoms with E-state index in [1.165, 1.54) is 0 Å². The van der Waals surface area contributed by atoms with Crippen LogP contribution in [0.4, 0.5) is 11.4 Å². The number of carbonyl (C=O) groups is 1. The molecule has 0 saturated carbocycles. The van der Waals surface area contributed by atoms with Crippen molar-refractivity contribution in [1.29, 1.82) is 0 Å². The molecule has 0 radical (unpaired) electrons. The Morgan fingerprint density at radius 1 is 0.964 bits per heavy atom. The Hall–Kier alpha value is -3.47. The van der Waals surface area contributed by atoms with E-state index in [2.05, 4.69) is 5.32 Å². The molecule has 0 aromatic heterocycles. The van der Waals surface area contributed by atoms with Gasteiger partial charge in [-0.15, -0.1) is 0 Å². The Morgan fingerprint density at radius 3 is 2.50 bits per heavy atom. The van der Waals surface area contributed by atoms with Crippen molar-refractivity contribution in [2.45, 2.75) is 13.0 Å². The quantitative estimate of drug-likeness (QED) is 0.705. The van der Waals surface area contributed by atoms with Gasteiger partial charge in [-0.3, -0.25) is 4.79 Å². The summed E-state index contributed by atoms with van der Waals surface area (Å²) in [5, 5.41) is 3.09. The summed E-state index contributed by atoms with van der Waals surface area (Å²) in [5.74, 6) is 1.32. The summed E-state index contributed by atoms with van der Waals surface area (Å²) in [6, 6.07) is 23.1. The van der Waals surface area contributed by atoms with Crippen LogP contribution in [0.1, 0.15) is 28.9 Å². The predicted molar refractivity (Wildman–Crippen MR) is 109 cm³/mol. The maximum absolute atomic E-state index is 13.0. The fraction of sp³-hybridized carbons (Fsp3) is 0.174. The molecule has 5 heteroatoms. The van der Waals surface area contributed by atoms with Gasteiger partial charge in [0.05, 0.1) is 17.3 Å². The highest BCUT2D eigenvalue weighted by Crippen LogP contribution is 2.34. The summed E-state index contributed by atoms with van der Waals surface area (Å²) < 4.78 is 10.8. The van der Waals surface area contributed by atoms with Crippen molar-refractivity contribution in [3.8, 4) is 11.5 Å². The third-order valence-electron chi connectivity index (χ3n) is 4.90. The highest BCUT2D eigenvalue weighted by atomic mass is 16.7. The van der Waals surface area contributed by atoms with Crippen molar-refractivity contribution in [2.75, 3.05) is 18.7 Å². The van der Waals surface area contributed by atoms with Crippen molar-refractivity contribution in [2.24, 2.45) is 0 Å². The Labute approximate surface area is 164 Å². The van der Waals surface area contributed by atoms with Crippen LogP contribution < -0.4 is 19.7 Å². The number of carbonyl (C=O) groups excluding carboxylic acids is 1. The third kappa shape index (κ3) is 3.51. The van der Waals surface area contributed by atoms with Gasteiger partial charge in [0.15, 0.2) is 11.5 Å². The Morgan fingerprint density at radius 2 is 1.68 bits per heavy atom. The molecule has 1 aliphatic heterocycles. The minimum absolute atomic E-state index is 0.122. The topological polar surface area (TPSA) is 50.8 Å². The zero-order valence-electron chi connectivity index (χ0n) is 15.9. The lowest BCUT2D eigenvalue weighted by Crippen LogP contribution is -2.28. The number of hydrogen-bond donors (Lipinski definition) is 1. The maximum atomic E-state index is 13.0. The maximum Gasteiger partial charge on any atom is 0.253 e. The molecule has 28 heavy (non-hydrogen) atoms. The van der Waals surface area contributed by atoms with Gasteiger partial charge in [-0.05, 0) is 48.9 Å². The molecule has 142 valence electrons. The molecule has 0 spiro atoms. The van der Waals surface area contributed by atoms with Crippen molar-refractivity contribution < 1.29 is 14.3 Å². The van der Waals surface area contributed by atoms with Gasteiger partial charge in [-0.1, -0.05) is 36.4 Å². The van der Waals surface area contributed by atoms with E-state index in [1.54, 1.807) is 0 Å². The molecule has 4 rings (SSSR count). The van der Waals surface area contributed by atoms with Crippen LogP contribution in [-0.2, 0) is 0 Å². The summed E-state index contributed by atoms with van der Waals surface area (Å²) in [4.78, 5) is 15.0. The lowest BCUT2D eigenvalue weighted by atomic mass is 10.1. The first kappa shape index (κ1) is 17.9. The average molecular weight is 374 g/mol. The minimum Gasteiger partial charge on any atom is -0.454 e. The first-order valence-corrected chi connectivity index (χ1v) is 9.21. The minimum atomic E-state index is -0.169. The predicted octanol–water partition coefficient (Wildman–Crippen LogP) is 4.67. The first-order valence-electron chi connectivity index (χ1n) is 9.21. The van der Waals surface area contributed by atoms with Crippen LogP contribution in [0.2, 0.25) is 0 Å². The second-order valence-corrected chi connectivity index (χ2v) is 6.72. The van der Waals surface area contributed by atoms with Gasteiger partial charge in [-0.25, -0.2) is 0 Å². The van der Waals surface area contributed by atoms with Crippen LogP contribution in [0.5, 0.6) is 11.5 Å². The summed E-state index contributed by atoms with van der Waals surface area (Å²) in [6.07, 6.45) is 0. The number of hydrogen-bond acceptors (Lipinski definition) is 4. The molecule has 0 aliphatic carbocycles. The Kier molecular flexibility index (Phi) is 4.89. The van der Waals surface area contributed by atoms with Crippen LogP contribution in [0.3, 0.4) is 0 Å². The zero-order valence-corrected chi connectivity index (χ0v) is 15.9. The molecule has 1 atom stereocenters. The number of nitrogens with one attached hydrogen (secondary N) is 1. The van der Waals surface area contributed by atoms with E-state index in [4.69, 9.17) is 9.47 Å². The van der Waals surface area contributed by atoms with E-state index < -0.39 is 0 Å². The van der Waals surface area contributed by atoms with Crippen LogP contribution in [-0.4, -0.2) is 19.7 Å². The molecule has 1 amide bonds. The molecular weight excluding hydrogens is 352 g/mol. The van der Waals surface area contributed by atoms with Crippen molar-refractivity contribution >= 4 is 17.3 Å². The van der Waals surface area contributed by atoms with Crippen LogP contribution >= 0.6 is 0 Å². The molecule has 1 unspecified atom stereocenters. The fourth-order valence-corrected chi connectivity index (χ4v) is 3.29. The van der Waals surface area contributed by atoms with Gasteiger partial charge in [-0.2, -0.15) is 0 Å². The second kappa shape index (κ2) is 7.64. The van der Waals surface area contributed by atoms with Gasteiger partial charge in [0, 0.05) is 12.7 Å². The third-order valence-corrected chi connectivity index (χ3v) is 4.90. The highest BCUT2D eigenvalue weighted by Gasteiger charge is 2.19. The second-order valence-electron chi connectivity index (χ2n) is 6.72. The molecule has 0 bridgehead atoms. The lowest BCUT2D eigenvalue weighted by Gasteiger charge is -2.23. The molecule has 1 heterocycles. The highest BCUT2D eigenvalue weighted by molar-refractivity contribution is 6.00. The smallest absolute Gasteiger partial charge is 0.253 e. The van der Waals surface area contributed by atoms with E-state index >= 15 is 0 Å². The zero-order chi connectivity index (χ0) is 19.5. The standard InChI is InChI=1S/C23H22N2O3/c1-16(17-12-13-21-22(14-17)28-15-27-21)24-23(26)19-10-6-7-11-20(19)25(2)18-8-4-3-5-9-18/h3-14,16H,15H2,1-2H3,(H,24,26). The summed E-state index contributed by atoms with van der Waals surface area (Å²) in [5.41, 5.74) is 3.46. The molecule has 1 aliphatic rings. The van der Waals surface area contributed by atoms with E-state index in [1.807, 2.05) is 91.7 Å². The van der Waals surface area contributed by atoms with Crippen molar-refractivity contribution in [1.82, 2.24) is 5.32 Å². The number of para-hydroxylation sites is 2. The van der Waals surface area contributed by atoms with Crippen molar-refractivity contribution in [3.63, 3.8) is 0 Å². The van der Waals surface area contributed by atoms with E-state index in [0.717, 1.165) is 22.7 Å². The summed E-state index contributed by atoms with van der Waals surface area (Å²) in [7, 11) is 1.96. The Bertz CT molecular complexity index is 988. The number of nitrogens with zero attached hydrogens (tertiary/aromatic N) is 1. The normalized spacial score (nSPS) is 13.1. The number of amides is 1. The number of benzene rings is 3. The van der Waals surface area contributed by atoms with Gasteiger partial charge in [0.1, 0.15) is 0 Å². The summed E-state index contributed by atoms with van der Waals surface area (Å²) in [6.45, 7) is 2.19. The van der Waals surface area contributed by atoms with Gasteiger partial charge < -0.3 is 19.7 Å². The molecule has 5 nitrogen and oxygen atoms in total. The molecule has 0 saturated heterocycles. The summed E-state index contributed by atoms with van der Waals surface area (Å²) >= 11 is 0. The van der Waals surface area contributed by atoms with Crippen molar-refractivity contribution in [3.05, 3.63) is 83.9 Å². The number of anilines is 2. The molecule has 1 N–H and O–H groups in total. The molecule has 0 fully saturated rings. The molecular formula is C23H22N2O3. The number of fused-ring (bicyclic) bond motifs is 1. The van der Waals surface area contributed by atoms with E-state index in [0.29, 0.717) is 11.3 Å². The monoisotopic (exact) mass is 374 g/mol. The first-order chi connectivity index (χ1) is 13.6. The average Bonchev–Trinajstić information content (AvgIpc) is 3.21. The van der Waals surface area contributed by atoms with Gasteiger partial charge >= 0.3 is 0 Å². The van der Waals surface area contributed by atoms with E-state index in [-0.39, 0.29) is 18.7 Å². The SMILES string of the molecule is CC(NC(=O)c1ccccc1N(C)c1ccccc1)c1ccc2c(c1)OCO2. The fourth-order valence-electron chi connectivity index (χ4n) is 3.29. The van der Waals surface area contributed by atoms with E-state index in [9.17, 15) is 4.79 Å². The molecule has 3 aromatic carbocycles.